The van der Waals surface area contributed by atoms with Gasteiger partial charge in [-0.05, 0) is 48.2 Å². The lowest BCUT2D eigenvalue weighted by atomic mass is 10.1. The third kappa shape index (κ3) is 7.17. The number of ether oxygens (including phenoxy) is 1. The van der Waals surface area contributed by atoms with E-state index in [1.165, 1.54) is 55.1 Å². The summed E-state index contributed by atoms with van der Waals surface area (Å²) in [4.78, 5) is 61.7. The van der Waals surface area contributed by atoms with E-state index in [1.54, 1.807) is 12.1 Å². The molecule has 0 radical (unpaired) electrons. The molecule has 3 aromatic rings. The molecule has 11 nitrogen and oxygen atoms in total. The number of methoxy groups -OCH3 is 1. The number of aromatic nitrogens is 2. The van der Waals surface area contributed by atoms with Crippen molar-refractivity contribution in [1.82, 2.24) is 20.2 Å². The molecule has 0 saturated heterocycles. The summed E-state index contributed by atoms with van der Waals surface area (Å²) < 4.78 is 19.6. The average Bonchev–Trinajstić information content (AvgIpc) is 2.89. The number of carbonyl (C=O) groups excluding carboxylic acids is 2. The van der Waals surface area contributed by atoms with Crippen LogP contribution in [0.25, 0.3) is 0 Å². The largest absolute Gasteiger partial charge is 0.494 e. The van der Waals surface area contributed by atoms with E-state index in [1.807, 2.05) is 0 Å². The Bertz CT molecular complexity index is 1550. The normalized spacial score (nSPS) is 11.0. The molecule has 1 heterocycles. The van der Waals surface area contributed by atoms with Gasteiger partial charge in [-0.2, -0.15) is 0 Å². The number of amides is 2. The Hall–Kier alpha value is -5.18. The zero-order valence-electron chi connectivity index (χ0n) is 20.3. The van der Waals surface area contributed by atoms with Crippen molar-refractivity contribution < 1.29 is 28.6 Å². The number of carboxylic acid groups (broad SMARTS) is 1. The van der Waals surface area contributed by atoms with Gasteiger partial charge in [0.2, 0.25) is 0 Å². The van der Waals surface area contributed by atoms with Crippen LogP contribution < -0.4 is 26.6 Å². The van der Waals surface area contributed by atoms with Gasteiger partial charge in [-0.15, -0.1) is 0 Å². The molecule has 2 amide bonds. The van der Waals surface area contributed by atoms with Crippen molar-refractivity contribution in [3.63, 3.8) is 0 Å². The quantitative estimate of drug-likeness (QED) is 0.315. The zero-order valence-corrected chi connectivity index (χ0v) is 20.3. The third-order valence-corrected chi connectivity index (χ3v) is 5.28. The lowest BCUT2D eigenvalue weighted by Crippen LogP contribution is -2.38. The van der Waals surface area contributed by atoms with Gasteiger partial charge in [0, 0.05) is 24.2 Å². The standard InChI is InChI=1S/C26H23FN4O7/c1-15(25(35)36)29-23(33)18-6-3-16(4-7-18)13-31-14-19(24(34)30-26(31)37)8-10-22(32)28-12-17-5-9-20(27)21(11-17)38-2/h3-7,9,11,14-15H,12-13H2,1-2H3,(H,28,32)(H,29,33)(H,35,36)(H,30,34,37)/t15-/m0/s1. The molecule has 1 aromatic heterocycles. The van der Waals surface area contributed by atoms with Gasteiger partial charge in [-0.3, -0.25) is 28.7 Å². The molecule has 38 heavy (non-hydrogen) atoms. The highest BCUT2D eigenvalue weighted by atomic mass is 19.1. The highest BCUT2D eigenvalue weighted by molar-refractivity contribution is 5.96. The Balaban J connectivity index is 1.69. The lowest BCUT2D eigenvalue weighted by Gasteiger charge is -2.10. The number of aliphatic carboxylic acids is 1. The highest BCUT2D eigenvalue weighted by Gasteiger charge is 2.15. The molecule has 0 saturated carbocycles. The van der Waals surface area contributed by atoms with Gasteiger partial charge >= 0.3 is 11.7 Å². The maximum absolute atomic E-state index is 13.5. The summed E-state index contributed by atoms with van der Waals surface area (Å²) in [5.74, 6) is 1.77. The molecule has 1 atom stereocenters. The fourth-order valence-corrected chi connectivity index (χ4v) is 3.18. The minimum absolute atomic E-state index is 0.0241. The molecular weight excluding hydrogens is 499 g/mol. The van der Waals surface area contributed by atoms with Crippen LogP contribution in [0.1, 0.15) is 34.0 Å². The predicted molar refractivity (Wildman–Crippen MR) is 133 cm³/mol. The number of carboxylic acids is 1. The number of nitrogens with one attached hydrogen (secondary N) is 3. The summed E-state index contributed by atoms with van der Waals surface area (Å²) in [6, 6.07) is 9.13. The molecule has 0 spiro atoms. The summed E-state index contributed by atoms with van der Waals surface area (Å²) in [5, 5.41) is 13.8. The molecule has 0 bridgehead atoms. The maximum Gasteiger partial charge on any atom is 0.328 e. The smallest absolute Gasteiger partial charge is 0.328 e. The number of benzene rings is 2. The Kier molecular flexibility index (Phi) is 8.78. The van der Waals surface area contributed by atoms with Crippen LogP contribution in [0.15, 0.2) is 58.3 Å². The van der Waals surface area contributed by atoms with Gasteiger partial charge in [0.15, 0.2) is 11.6 Å². The van der Waals surface area contributed by atoms with Crippen molar-refractivity contribution in [3.05, 3.63) is 97.6 Å². The van der Waals surface area contributed by atoms with Crippen LogP contribution in [0, 0.1) is 17.7 Å². The van der Waals surface area contributed by atoms with Crippen molar-refractivity contribution in [1.29, 1.82) is 0 Å². The molecule has 0 unspecified atom stereocenters. The molecule has 2 aromatic carbocycles. The predicted octanol–water partition coefficient (Wildman–Crippen LogP) is 0.603. The first-order chi connectivity index (χ1) is 18.1. The monoisotopic (exact) mass is 522 g/mol. The molecule has 196 valence electrons. The maximum atomic E-state index is 13.5. The van der Waals surface area contributed by atoms with Crippen molar-refractivity contribution in [3.8, 4) is 17.6 Å². The summed E-state index contributed by atoms with van der Waals surface area (Å²) >= 11 is 0. The first-order valence-electron chi connectivity index (χ1n) is 11.2. The number of halogens is 1. The van der Waals surface area contributed by atoms with E-state index < -0.39 is 40.9 Å². The van der Waals surface area contributed by atoms with E-state index in [0.717, 1.165) is 0 Å². The molecule has 12 heteroatoms. The minimum atomic E-state index is -1.17. The average molecular weight is 522 g/mol. The summed E-state index contributed by atoms with van der Waals surface area (Å²) in [6.45, 7) is 1.41. The Morgan fingerprint density at radius 1 is 1.13 bits per heavy atom. The lowest BCUT2D eigenvalue weighted by molar-refractivity contribution is -0.138. The minimum Gasteiger partial charge on any atom is -0.494 e. The van der Waals surface area contributed by atoms with E-state index in [9.17, 15) is 28.4 Å². The number of hydrogen-bond acceptors (Lipinski definition) is 6. The Morgan fingerprint density at radius 3 is 2.47 bits per heavy atom. The second-order valence-electron chi connectivity index (χ2n) is 8.06. The van der Waals surface area contributed by atoms with Gasteiger partial charge in [-0.25, -0.2) is 9.18 Å². The van der Waals surface area contributed by atoms with E-state index in [-0.39, 0.29) is 30.0 Å². The van der Waals surface area contributed by atoms with Crippen LogP contribution in [0.5, 0.6) is 5.75 Å². The molecule has 0 aliphatic rings. The number of hydrogen-bond donors (Lipinski definition) is 4. The Morgan fingerprint density at radius 2 is 1.82 bits per heavy atom. The van der Waals surface area contributed by atoms with Crippen LogP contribution in [-0.2, 0) is 22.7 Å². The fraction of sp³-hybridized carbons (Fsp3) is 0.192. The number of H-pyrrole nitrogens is 1. The Labute approximate surface area is 215 Å². The van der Waals surface area contributed by atoms with Crippen molar-refractivity contribution in [2.75, 3.05) is 7.11 Å². The van der Waals surface area contributed by atoms with Crippen LogP contribution in [0.3, 0.4) is 0 Å². The second kappa shape index (κ2) is 12.2. The van der Waals surface area contributed by atoms with Crippen LogP contribution in [0.2, 0.25) is 0 Å². The van der Waals surface area contributed by atoms with Gasteiger partial charge in [0.05, 0.1) is 13.7 Å². The van der Waals surface area contributed by atoms with Crippen molar-refractivity contribution in [2.24, 2.45) is 0 Å². The van der Waals surface area contributed by atoms with E-state index >= 15 is 0 Å². The third-order valence-electron chi connectivity index (χ3n) is 5.28. The summed E-state index contributed by atoms with van der Waals surface area (Å²) in [6.07, 6.45) is 1.21. The highest BCUT2D eigenvalue weighted by Crippen LogP contribution is 2.17. The van der Waals surface area contributed by atoms with Crippen LogP contribution in [0.4, 0.5) is 4.39 Å². The first-order valence-corrected chi connectivity index (χ1v) is 11.2. The fourth-order valence-electron chi connectivity index (χ4n) is 3.18. The zero-order chi connectivity index (χ0) is 27.8. The first kappa shape index (κ1) is 27.4. The van der Waals surface area contributed by atoms with E-state index in [0.29, 0.717) is 11.1 Å². The molecule has 0 aliphatic carbocycles. The van der Waals surface area contributed by atoms with Crippen molar-refractivity contribution in [2.45, 2.75) is 26.1 Å². The molecule has 3 rings (SSSR count). The summed E-state index contributed by atoms with van der Waals surface area (Å²) in [5.41, 5.74) is -0.186. The number of carbonyl (C=O) groups is 3. The molecule has 0 aliphatic heterocycles. The van der Waals surface area contributed by atoms with Crippen LogP contribution >= 0.6 is 0 Å². The van der Waals surface area contributed by atoms with Gasteiger partial charge < -0.3 is 20.5 Å². The molecule has 0 fully saturated rings. The van der Waals surface area contributed by atoms with Gasteiger partial charge in [0.25, 0.3) is 17.4 Å². The van der Waals surface area contributed by atoms with Gasteiger partial charge in [0.1, 0.15) is 11.6 Å². The van der Waals surface area contributed by atoms with E-state index in [2.05, 4.69) is 27.5 Å². The summed E-state index contributed by atoms with van der Waals surface area (Å²) in [7, 11) is 1.32. The number of aromatic amines is 1. The van der Waals surface area contributed by atoms with E-state index in [4.69, 9.17) is 9.84 Å². The SMILES string of the molecule is COc1cc(CNC(=O)C#Cc2cn(Cc3ccc(C(=O)N[C@@H](C)C(=O)O)cc3)c(=O)[nH]c2=O)ccc1F. The molecule has 4 N–H and O–H groups in total. The molecular formula is C26H23FN4O7. The van der Waals surface area contributed by atoms with Gasteiger partial charge in [-0.1, -0.05) is 18.2 Å². The van der Waals surface area contributed by atoms with Crippen LogP contribution in [-0.4, -0.2) is 45.6 Å². The number of rotatable bonds is 8. The topological polar surface area (TPSA) is 160 Å². The second-order valence-corrected chi connectivity index (χ2v) is 8.06. The van der Waals surface area contributed by atoms with Crippen molar-refractivity contribution >= 4 is 17.8 Å². The number of nitrogens with zero attached hydrogens (tertiary/aromatic N) is 1.